The summed E-state index contributed by atoms with van der Waals surface area (Å²) < 4.78 is 20.4. The van der Waals surface area contributed by atoms with Crippen LogP contribution in [0.2, 0.25) is 0 Å². The van der Waals surface area contributed by atoms with Crippen LogP contribution in [0.3, 0.4) is 0 Å². The fourth-order valence-electron chi connectivity index (χ4n) is 2.13. The van der Waals surface area contributed by atoms with Crippen molar-refractivity contribution in [2.24, 2.45) is 0 Å². The van der Waals surface area contributed by atoms with Crippen molar-refractivity contribution in [3.63, 3.8) is 0 Å². The summed E-state index contributed by atoms with van der Waals surface area (Å²) in [6.07, 6.45) is -5.17. The van der Waals surface area contributed by atoms with Crippen LogP contribution in [0.4, 0.5) is 0 Å². The molecule has 1 rings (SSSR count). The number of aliphatic hydroxyl groups is 1. The molecule has 0 spiro atoms. The van der Waals surface area contributed by atoms with E-state index in [4.69, 9.17) is 18.9 Å². The Bertz CT molecular complexity index is 407. The highest BCUT2D eigenvalue weighted by Gasteiger charge is 2.50. The van der Waals surface area contributed by atoms with Gasteiger partial charge in [0.1, 0.15) is 6.10 Å². The van der Waals surface area contributed by atoms with Crippen LogP contribution in [0, 0.1) is 0 Å². The van der Waals surface area contributed by atoms with Crippen molar-refractivity contribution in [1.29, 1.82) is 0 Å². The molecule has 1 N–H and O–H groups in total. The van der Waals surface area contributed by atoms with Gasteiger partial charge in [0.05, 0.1) is 6.10 Å². The van der Waals surface area contributed by atoms with E-state index < -0.39 is 48.6 Å². The van der Waals surface area contributed by atoms with Gasteiger partial charge in [-0.25, -0.2) is 0 Å². The van der Waals surface area contributed by atoms with Crippen LogP contribution in [0.5, 0.6) is 0 Å². The predicted octanol–water partition coefficient (Wildman–Crippen LogP) is -0.0913. The molecule has 0 bridgehead atoms. The zero-order chi connectivity index (χ0) is 16.2. The van der Waals surface area contributed by atoms with Gasteiger partial charge in [0.2, 0.25) is 12.4 Å². The minimum absolute atomic E-state index is 0.392. The Hall–Kier alpha value is -1.67. The van der Waals surface area contributed by atoms with Crippen molar-refractivity contribution in [3.05, 3.63) is 0 Å². The molecule has 5 atom stereocenters. The number of esters is 3. The number of hydrogen-bond donors (Lipinski definition) is 1. The Kier molecular flexibility index (Phi) is 6.10. The molecule has 1 aliphatic heterocycles. The third kappa shape index (κ3) is 4.68. The first-order valence-corrected chi connectivity index (χ1v) is 6.61. The number of aliphatic hydroxyl groups excluding tert-OH is 1. The van der Waals surface area contributed by atoms with Crippen LogP contribution >= 0.6 is 0 Å². The highest BCUT2D eigenvalue weighted by Crippen LogP contribution is 2.28. The van der Waals surface area contributed by atoms with Gasteiger partial charge < -0.3 is 24.1 Å². The number of carbonyl (C=O) groups is 3. The standard InChI is InChI=1S/C13H20O8/c1-5-9-10(17)11(18-6(2)14)12(19-7(3)15)13(21-9)20-8(4)16/h9-13,17H,5H2,1-4H3/t9-,10-,11+,12+,13+/m1/s1. The van der Waals surface area contributed by atoms with Crippen molar-refractivity contribution in [2.45, 2.75) is 64.8 Å². The van der Waals surface area contributed by atoms with E-state index >= 15 is 0 Å². The van der Waals surface area contributed by atoms with Crippen molar-refractivity contribution >= 4 is 17.9 Å². The first-order valence-electron chi connectivity index (χ1n) is 6.61. The molecule has 1 aliphatic rings. The van der Waals surface area contributed by atoms with Crippen LogP contribution in [-0.4, -0.2) is 53.7 Å². The van der Waals surface area contributed by atoms with Crippen LogP contribution in [-0.2, 0) is 33.3 Å². The van der Waals surface area contributed by atoms with Crippen molar-refractivity contribution in [1.82, 2.24) is 0 Å². The van der Waals surface area contributed by atoms with Crippen LogP contribution in [0.15, 0.2) is 0 Å². The van der Waals surface area contributed by atoms with Crippen LogP contribution < -0.4 is 0 Å². The lowest BCUT2D eigenvalue weighted by molar-refractivity contribution is -0.293. The van der Waals surface area contributed by atoms with E-state index in [9.17, 15) is 19.5 Å². The minimum Gasteiger partial charge on any atom is -0.455 e. The Balaban J connectivity index is 3.05. The Labute approximate surface area is 122 Å². The normalized spacial score (nSPS) is 32.1. The van der Waals surface area contributed by atoms with E-state index in [0.717, 1.165) is 13.8 Å². The van der Waals surface area contributed by atoms with E-state index in [1.165, 1.54) is 6.92 Å². The molecule has 1 fully saturated rings. The first kappa shape index (κ1) is 17.4. The summed E-state index contributed by atoms with van der Waals surface area (Å²) in [4.78, 5) is 33.5. The van der Waals surface area contributed by atoms with Gasteiger partial charge in [-0.1, -0.05) is 6.92 Å². The van der Waals surface area contributed by atoms with E-state index in [1.54, 1.807) is 6.92 Å². The molecule has 8 nitrogen and oxygen atoms in total. The van der Waals surface area contributed by atoms with Gasteiger partial charge in [-0.15, -0.1) is 0 Å². The highest BCUT2D eigenvalue weighted by atomic mass is 16.7. The quantitative estimate of drug-likeness (QED) is 0.567. The maximum Gasteiger partial charge on any atom is 0.305 e. The van der Waals surface area contributed by atoms with E-state index in [-0.39, 0.29) is 0 Å². The average molecular weight is 304 g/mol. The van der Waals surface area contributed by atoms with Gasteiger partial charge in [0.15, 0.2) is 6.10 Å². The van der Waals surface area contributed by atoms with Gasteiger partial charge >= 0.3 is 17.9 Å². The number of ether oxygens (including phenoxy) is 4. The van der Waals surface area contributed by atoms with Gasteiger partial charge in [-0.3, -0.25) is 14.4 Å². The SMILES string of the molecule is CC[C@H]1O[C@H](OC(C)=O)[C@@H](OC(C)=O)[C@@H](OC(C)=O)[C@@H]1O. The predicted molar refractivity (Wildman–Crippen MR) is 67.8 cm³/mol. The molecule has 21 heavy (non-hydrogen) atoms. The molecular weight excluding hydrogens is 284 g/mol. The molecule has 0 aromatic carbocycles. The summed E-state index contributed by atoms with van der Waals surface area (Å²) in [6, 6.07) is 0. The zero-order valence-electron chi connectivity index (χ0n) is 12.4. The third-order valence-corrected chi connectivity index (χ3v) is 2.91. The van der Waals surface area contributed by atoms with Gasteiger partial charge in [-0.2, -0.15) is 0 Å². The fraction of sp³-hybridized carbons (Fsp3) is 0.769. The number of carbonyl (C=O) groups excluding carboxylic acids is 3. The van der Waals surface area contributed by atoms with E-state index in [1.807, 2.05) is 0 Å². The maximum atomic E-state index is 11.2. The van der Waals surface area contributed by atoms with Crippen molar-refractivity contribution in [3.8, 4) is 0 Å². The maximum absolute atomic E-state index is 11.2. The van der Waals surface area contributed by atoms with E-state index in [0.29, 0.717) is 6.42 Å². The summed E-state index contributed by atoms with van der Waals surface area (Å²) in [5, 5.41) is 10.2. The second kappa shape index (κ2) is 7.37. The largest absolute Gasteiger partial charge is 0.455 e. The molecule has 0 aromatic rings. The Morgan fingerprint density at radius 2 is 1.43 bits per heavy atom. The molecular formula is C13H20O8. The topological polar surface area (TPSA) is 108 Å². The third-order valence-electron chi connectivity index (χ3n) is 2.91. The summed E-state index contributed by atoms with van der Waals surface area (Å²) in [5.41, 5.74) is 0. The second-order valence-electron chi connectivity index (χ2n) is 4.70. The van der Waals surface area contributed by atoms with Crippen molar-refractivity contribution in [2.75, 3.05) is 0 Å². The Morgan fingerprint density at radius 3 is 1.86 bits per heavy atom. The number of hydrogen-bond acceptors (Lipinski definition) is 8. The van der Waals surface area contributed by atoms with Gasteiger partial charge in [0.25, 0.3) is 0 Å². The molecule has 120 valence electrons. The summed E-state index contributed by atoms with van der Waals surface area (Å²) in [7, 11) is 0. The molecule has 0 aromatic heterocycles. The fourth-order valence-corrected chi connectivity index (χ4v) is 2.13. The summed E-state index contributed by atoms with van der Waals surface area (Å²) >= 11 is 0. The smallest absolute Gasteiger partial charge is 0.305 e. The second-order valence-corrected chi connectivity index (χ2v) is 4.70. The molecule has 1 saturated heterocycles. The van der Waals surface area contributed by atoms with Gasteiger partial charge in [-0.05, 0) is 6.42 Å². The summed E-state index contributed by atoms with van der Waals surface area (Å²) in [6.45, 7) is 5.22. The number of rotatable bonds is 4. The lowest BCUT2D eigenvalue weighted by Gasteiger charge is -2.42. The molecule has 1 heterocycles. The monoisotopic (exact) mass is 304 g/mol. The minimum atomic E-state index is -1.25. The van der Waals surface area contributed by atoms with E-state index in [2.05, 4.69) is 0 Å². The highest BCUT2D eigenvalue weighted by molar-refractivity contribution is 5.68. The van der Waals surface area contributed by atoms with Crippen LogP contribution in [0.1, 0.15) is 34.1 Å². The van der Waals surface area contributed by atoms with Gasteiger partial charge in [0, 0.05) is 20.8 Å². The lowest BCUT2D eigenvalue weighted by atomic mass is 9.97. The van der Waals surface area contributed by atoms with Crippen molar-refractivity contribution < 1.29 is 38.4 Å². The Morgan fingerprint density at radius 1 is 0.952 bits per heavy atom. The molecule has 8 heteroatoms. The lowest BCUT2D eigenvalue weighted by Crippen LogP contribution is -2.60. The summed E-state index contributed by atoms with van der Waals surface area (Å²) in [5.74, 6) is -1.99. The molecule has 0 aliphatic carbocycles. The molecule has 0 unspecified atom stereocenters. The van der Waals surface area contributed by atoms with Crippen LogP contribution in [0.25, 0.3) is 0 Å². The molecule has 0 radical (unpaired) electrons. The zero-order valence-corrected chi connectivity index (χ0v) is 12.4. The first-order chi connectivity index (χ1) is 9.76. The average Bonchev–Trinajstić information content (AvgIpc) is 2.35. The molecule has 0 saturated carbocycles. The molecule has 0 amide bonds.